The molecule has 0 radical (unpaired) electrons. The second kappa shape index (κ2) is 5.89. The van der Waals surface area contributed by atoms with E-state index < -0.39 is 60.0 Å². The van der Waals surface area contributed by atoms with Gasteiger partial charge in [0.05, 0.1) is 0 Å². The molecule has 2 nitrogen and oxygen atoms in total. The molecule has 1 saturated carbocycles. The molecule has 0 aliphatic heterocycles. The van der Waals surface area contributed by atoms with Gasteiger partial charge in [0.2, 0.25) is 0 Å². The highest BCUT2D eigenvalue weighted by Crippen LogP contribution is 2.62. The minimum absolute atomic E-state index is 0.169. The molecule has 1 rings (SSSR count). The fraction of sp³-hybridized carbons (Fsp3) is 0.750. The first kappa shape index (κ1) is 23.3. The van der Waals surface area contributed by atoms with Crippen molar-refractivity contribution in [1.29, 1.82) is 5.26 Å². The van der Waals surface area contributed by atoms with Crippen molar-refractivity contribution in [3.63, 3.8) is 0 Å². The summed E-state index contributed by atoms with van der Waals surface area (Å²) < 4.78 is 173. The predicted molar refractivity (Wildman–Crippen MR) is 58.5 cm³/mol. The van der Waals surface area contributed by atoms with E-state index in [-0.39, 0.29) is 6.08 Å². The SMILES string of the molecule is C=CC1CC(F)(F)C1(F)OC(F)(F)C(F)(F)C(F)(F)C(F)(F)C(F)(F)C#N. The topological polar surface area (TPSA) is 33.0 Å². The zero-order valence-corrected chi connectivity index (χ0v) is 12.3. The van der Waals surface area contributed by atoms with Gasteiger partial charge in [-0.3, -0.25) is 4.74 Å². The van der Waals surface area contributed by atoms with Crippen molar-refractivity contribution in [3.8, 4) is 6.07 Å². The molecule has 156 valence electrons. The summed E-state index contributed by atoms with van der Waals surface area (Å²) in [5.74, 6) is -41.8. The highest BCUT2D eigenvalue weighted by atomic mass is 19.4. The highest BCUT2D eigenvalue weighted by molar-refractivity contribution is 5.15. The van der Waals surface area contributed by atoms with Crippen molar-refractivity contribution in [1.82, 2.24) is 0 Å². The Hall–Kier alpha value is -1.72. The van der Waals surface area contributed by atoms with E-state index in [1.807, 2.05) is 0 Å². The lowest BCUT2D eigenvalue weighted by atomic mass is 9.75. The third-order valence-corrected chi connectivity index (χ3v) is 3.70. The molecule has 1 fully saturated rings. The lowest BCUT2D eigenvalue weighted by molar-refractivity contribution is -0.500. The van der Waals surface area contributed by atoms with E-state index in [2.05, 4.69) is 11.3 Å². The number of alkyl halides is 13. The molecule has 0 heterocycles. The van der Waals surface area contributed by atoms with Crippen LogP contribution in [0.25, 0.3) is 0 Å². The quantitative estimate of drug-likeness (QED) is 0.415. The average molecular weight is 427 g/mol. The maximum atomic E-state index is 13.9. The summed E-state index contributed by atoms with van der Waals surface area (Å²) in [7, 11) is 0. The maximum absolute atomic E-state index is 13.9. The minimum atomic E-state index is -7.73. The summed E-state index contributed by atoms with van der Waals surface area (Å²) in [6, 6.07) is -0.779. The Balaban J connectivity index is 3.40. The molecule has 2 atom stereocenters. The zero-order chi connectivity index (χ0) is 21.9. The molecule has 0 aromatic rings. The normalized spacial score (nSPS) is 26.9. The Morgan fingerprint density at radius 1 is 0.889 bits per heavy atom. The Morgan fingerprint density at radius 2 is 1.33 bits per heavy atom. The molecule has 1 aliphatic rings. The number of hydrogen-bond acceptors (Lipinski definition) is 2. The Bertz CT molecular complexity index is 652. The van der Waals surface area contributed by atoms with Crippen LogP contribution in [0.3, 0.4) is 0 Å². The molecule has 27 heavy (non-hydrogen) atoms. The third-order valence-electron chi connectivity index (χ3n) is 3.70. The lowest BCUT2D eigenvalue weighted by Crippen LogP contribution is -2.71. The van der Waals surface area contributed by atoms with Crippen LogP contribution in [-0.4, -0.2) is 41.6 Å². The maximum Gasteiger partial charge on any atom is 0.428 e. The third kappa shape index (κ3) is 2.83. The van der Waals surface area contributed by atoms with Crippen LogP contribution in [0.2, 0.25) is 0 Å². The molecular weight excluding hydrogens is 421 g/mol. The van der Waals surface area contributed by atoms with Crippen molar-refractivity contribution in [2.75, 3.05) is 0 Å². The van der Waals surface area contributed by atoms with Gasteiger partial charge in [0.15, 0.2) is 0 Å². The molecule has 0 aromatic carbocycles. The summed E-state index contributed by atoms with van der Waals surface area (Å²) in [5.41, 5.74) is 0. The van der Waals surface area contributed by atoms with Crippen LogP contribution in [-0.2, 0) is 4.74 Å². The Morgan fingerprint density at radius 3 is 1.67 bits per heavy atom. The van der Waals surface area contributed by atoms with Gasteiger partial charge in [-0.2, -0.15) is 49.2 Å². The van der Waals surface area contributed by atoms with Gasteiger partial charge in [0.25, 0.3) is 5.85 Å². The molecular formula is C12H6F13NO. The smallest absolute Gasteiger partial charge is 0.271 e. The molecule has 0 bridgehead atoms. The monoisotopic (exact) mass is 427 g/mol. The second-order valence-electron chi connectivity index (χ2n) is 5.42. The average Bonchev–Trinajstić information content (AvgIpc) is 2.51. The Kier molecular flexibility index (Phi) is 5.08. The van der Waals surface area contributed by atoms with Crippen LogP contribution in [0.5, 0.6) is 0 Å². The van der Waals surface area contributed by atoms with E-state index in [1.165, 1.54) is 0 Å². The Labute approximate surface area is 141 Å². The van der Waals surface area contributed by atoms with E-state index in [0.29, 0.717) is 0 Å². The summed E-state index contributed by atoms with van der Waals surface area (Å²) in [6.45, 7) is 2.68. The molecule has 2 unspecified atom stereocenters. The van der Waals surface area contributed by atoms with Gasteiger partial charge < -0.3 is 0 Å². The van der Waals surface area contributed by atoms with Crippen molar-refractivity contribution >= 4 is 0 Å². The van der Waals surface area contributed by atoms with E-state index in [4.69, 9.17) is 5.26 Å². The predicted octanol–water partition coefficient (Wildman–Crippen LogP) is 5.17. The fourth-order valence-corrected chi connectivity index (χ4v) is 1.97. The summed E-state index contributed by atoms with van der Waals surface area (Å²) >= 11 is 0. The van der Waals surface area contributed by atoms with Crippen LogP contribution >= 0.6 is 0 Å². The van der Waals surface area contributed by atoms with Gasteiger partial charge in [0, 0.05) is 12.3 Å². The number of nitrogens with zero attached hydrogens (tertiary/aromatic N) is 1. The summed E-state index contributed by atoms with van der Waals surface area (Å²) in [4.78, 5) is 0. The standard InChI is InChI=1S/C12H6F13NO/c1-2-5-3-6(13,14)8(5,17)27-12(24,25)11(22,23)10(20,21)9(18,19)7(15,16)4-26/h2,5H,1,3H2. The number of ether oxygens (including phenoxy) is 1. The van der Waals surface area contributed by atoms with Gasteiger partial charge in [-0.25, -0.2) is 13.2 Å². The highest BCUT2D eigenvalue weighted by Gasteiger charge is 2.89. The van der Waals surface area contributed by atoms with Crippen molar-refractivity contribution < 1.29 is 61.8 Å². The fourth-order valence-electron chi connectivity index (χ4n) is 1.97. The van der Waals surface area contributed by atoms with Crippen LogP contribution in [0.15, 0.2) is 12.7 Å². The van der Waals surface area contributed by atoms with Crippen LogP contribution < -0.4 is 0 Å². The van der Waals surface area contributed by atoms with E-state index in [9.17, 15) is 57.1 Å². The number of hydrogen-bond donors (Lipinski definition) is 0. The van der Waals surface area contributed by atoms with Crippen molar-refractivity contribution in [3.05, 3.63) is 12.7 Å². The molecule has 0 spiro atoms. The second-order valence-corrected chi connectivity index (χ2v) is 5.42. The van der Waals surface area contributed by atoms with Gasteiger partial charge in [-0.15, -0.1) is 6.58 Å². The first-order valence-electron chi connectivity index (χ1n) is 6.38. The van der Waals surface area contributed by atoms with Crippen molar-refractivity contribution in [2.45, 2.75) is 48.0 Å². The number of rotatable bonds is 7. The molecule has 15 heteroatoms. The number of halogens is 13. The first-order chi connectivity index (χ1) is 11.7. The van der Waals surface area contributed by atoms with Gasteiger partial charge in [-0.05, 0) is 0 Å². The van der Waals surface area contributed by atoms with E-state index in [1.54, 1.807) is 0 Å². The van der Waals surface area contributed by atoms with Gasteiger partial charge >= 0.3 is 35.7 Å². The van der Waals surface area contributed by atoms with Crippen LogP contribution in [0.4, 0.5) is 57.1 Å². The van der Waals surface area contributed by atoms with E-state index in [0.717, 1.165) is 0 Å². The largest absolute Gasteiger partial charge is 0.428 e. The van der Waals surface area contributed by atoms with Gasteiger partial charge in [-0.1, -0.05) is 6.08 Å². The summed E-state index contributed by atoms with van der Waals surface area (Å²) in [6.07, 6.45) is -8.60. The molecule has 0 saturated heterocycles. The van der Waals surface area contributed by atoms with Crippen LogP contribution in [0, 0.1) is 17.2 Å². The van der Waals surface area contributed by atoms with Gasteiger partial charge in [0.1, 0.15) is 6.07 Å². The molecule has 0 N–H and O–H groups in total. The van der Waals surface area contributed by atoms with Crippen molar-refractivity contribution in [2.24, 2.45) is 5.92 Å². The minimum Gasteiger partial charge on any atom is -0.271 e. The number of nitriles is 1. The zero-order valence-electron chi connectivity index (χ0n) is 12.3. The van der Waals surface area contributed by atoms with E-state index >= 15 is 0 Å². The molecule has 0 aromatic heterocycles. The molecule has 0 amide bonds. The lowest BCUT2D eigenvalue weighted by Gasteiger charge is -2.49. The summed E-state index contributed by atoms with van der Waals surface area (Å²) in [5, 5.41) is 7.68. The van der Waals surface area contributed by atoms with Crippen LogP contribution in [0.1, 0.15) is 6.42 Å². The molecule has 1 aliphatic carbocycles. The first-order valence-corrected chi connectivity index (χ1v) is 6.38.